The number of thioether (sulfide) groups is 1. The number of para-hydroxylation sites is 1. The molecule has 7 rings (SSSR count). The predicted octanol–water partition coefficient (Wildman–Crippen LogP) is 3.49. The van der Waals surface area contributed by atoms with Crippen molar-refractivity contribution in [3.8, 4) is 5.75 Å². The van der Waals surface area contributed by atoms with E-state index >= 15 is 0 Å². The Morgan fingerprint density at radius 3 is 2.55 bits per heavy atom. The summed E-state index contributed by atoms with van der Waals surface area (Å²) in [4.78, 5) is 49.3. The van der Waals surface area contributed by atoms with E-state index in [1.54, 1.807) is 19.4 Å². The maximum absolute atomic E-state index is 14.9. The number of benzene rings is 2. The summed E-state index contributed by atoms with van der Waals surface area (Å²) >= 11 is 1.54. The van der Waals surface area contributed by atoms with Crippen molar-refractivity contribution in [2.45, 2.75) is 55.9 Å². The quantitative estimate of drug-likeness (QED) is 0.348. The largest absolute Gasteiger partial charge is 0.494 e. The van der Waals surface area contributed by atoms with E-state index in [1.807, 2.05) is 93.6 Å². The van der Waals surface area contributed by atoms with E-state index in [4.69, 9.17) is 4.74 Å². The van der Waals surface area contributed by atoms with Crippen molar-refractivity contribution in [2.75, 3.05) is 31.2 Å². The van der Waals surface area contributed by atoms with Crippen molar-refractivity contribution >= 4 is 46.2 Å². The Morgan fingerprint density at radius 1 is 1.02 bits per heavy atom. The summed E-state index contributed by atoms with van der Waals surface area (Å²) in [6.07, 6.45) is 8.69. The number of likely N-dealkylation sites (tertiary alicyclic amines) is 1. The minimum Gasteiger partial charge on any atom is -0.494 e. The van der Waals surface area contributed by atoms with Gasteiger partial charge in [0.15, 0.2) is 0 Å². The molecule has 7 atom stereocenters. The molecule has 2 aromatic carbocycles. The lowest BCUT2D eigenvalue weighted by Crippen LogP contribution is -2.58. The van der Waals surface area contributed by atoms with Gasteiger partial charge in [-0.1, -0.05) is 61.9 Å². The van der Waals surface area contributed by atoms with Crippen LogP contribution < -0.4 is 9.64 Å². The fourth-order valence-electron chi connectivity index (χ4n) is 7.73. The third kappa shape index (κ3) is 5.04. The summed E-state index contributed by atoms with van der Waals surface area (Å²) in [6.45, 7) is 7.03. The Bertz CT molecular complexity index is 1740. The van der Waals surface area contributed by atoms with Gasteiger partial charge in [0.1, 0.15) is 24.0 Å². The SMILES string of the molecule is CCOc1ccc(N2CC=C[C@H]3S[C@]45C=CCN(Cn6nnc7ccccc76)C(=O)C4N([C@@H](CO)[C@@H](C)CC)C(=O)[C@@H]5[C@H]3C2=O)cc1. The van der Waals surface area contributed by atoms with Crippen LogP contribution in [0.2, 0.25) is 0 Å². The van der Waals surface area contributed by atoms with Crippen LogP contribution in [0.25, 0.3) is 11.0 Å². The molecule has 3 aromatic rings. The zero-order valence-corrected chi connectivity index (χ0v) is 27.6. The van der Waals surface area contributed by atoms with Crippen LogP contribution in [0, 0.1) is 17.8 Å². The van der Waals surface area contributed by atoms with Gasteiger partial charge in [0.05, 0.1) is 41.4 Å². The van der Waals surface area contributed by atoms with Crippen molar-refractivity contribution in [3.63, 3.8) is 0 Å². The zero-order chi connectivity index (χ0) is 32.9. The third-order valence-corrected chi connectivity index (χ3v) is 12.0. The molecule has 4 aliphatic rings. The number of fused-ring (bicyclic) bond motifs is 3. The molecule has 5 heterocycles. The fraction of sp³-hybridized carbons (Fsp3) is 0.457. The predicted molar refractivity (Wildman–Crippen MR) is 180 cm³/mol. The van der Waals surface area contributed by atoms with Gasteiger partial charge in [-0.25, -0.2) is 4.68 Å². The number of aromatic nitrogens is 3. The Hall–Kier alpha value is -4.16. The number of ether oxygens (including phenoxy) is 1. The molecular formula is C35H40N6O5S. The van der Waals surface area contributed by atoms with E-state index in [-0.39, 0.29) is 42.2 Å². The second kappa shape index (κ2) is 12.5. The smallest absolute Gasteiger partial charge is 0.248 e. The standard InChI is InChI=1S/C35H40N6O5S/c1-4-22(3)27(20-42)41-31-34(45)38(21-40-26-11-7-6-10-25(26)36-37-40)18-9-17-35(31)30(33(41)44)29-28(47-35)12-8-19-39(32(29)43)23-13-15-24(16-14-23)46-5-2/h6-17,22,27-31,42H,4-5,18-21H2,1-3H3/t22-,27-,28+,29-,30-,31?,35-/m0/s1. The average Bonchev–Trinajstić information content (AvgIpc) is 3.64. The van der Waals surface area contributed by atoms with Crippen LogP contribution in [0.5, 0.6) is 5.75 Å². The average molecular weight is 657 g/mol. The molecular weight excluding hydrogens is 616 g/mol. The number of rotatable bonds is 9. The van der Waals surface area contributed by atoms with Gasteiger partial charge in [-0.3, -0.25) is 14.4 Å². The maximum atomic E-state index is 14.9. The number of carbonyl (C=O) groups excluding carboxylic acids is 3. The van der Waals surface area contributed by atoms with Crippen molar-refractivity contribution in [1.29, 1.82) is 0 Å². The maximum Gasteiger partial charge on any atom is 0.248 e. The lowest BCUT2D eigenvalue weighted by Gasteiger charge is -2.40. The van der Waals surface area contributed by atoms with Crippen LogP contribution in [0.4, 0.5) is 5.69 Å². The number of hydrogen-bond acceptors (Lipinski definition) is 8. The molecule has 12 heteroatoms. The molecule has 1 unspecified atom stereocenters. The summed E-state index contributed by atoms with van der Waals surface area (Å²) in [6, 6.07) is 13.5. The van der Waals surface area contributed by atoms with Gasteiger partial charge in [-0.2, -0.15) is 0 Å². The number of aliphatic hydroxyl groups is 1. The lowest BCUT2D eigenvalue weighted by molar-refractivity contribution is -0.147. The van der Waals surface area contributed by atoms with Gasteiger partial charge in [0.25, 0.3) is 0 Å². The Morgan fingerprint density at radius 2 is 1.81 bits per heavy atom. The molecule has 0 radical (unpaired) electrons. The summed E-state index contributed by atoms with van der Waals surface area (Å²) < 4.78 is 6.31. The highest BCUT2D eigenvalue weighted by atomic mass is 32.2. The first-order valence-corrected chi connectivity index (χ1v) is 17.3. The number of amides is 3. The number of aliphatic hydroxyl groups excluding tert-OH is 1. The van der Waals surface area contributed by atoms with Crippen LogP contribution in [0.3, 0.4) is 0 Å². The minimum atomic E-state index is -0.995. The second-order valence-corrected chi connectivity index (χ2v) is 14.2. The summed E-state index contributed by atoms with van der Waals surface area (Å²) in [5.41, 5.74) is 2.25. The molecule has 0 bridgehead atoms. The van der Waals surface area contributed by atoms with E-state index in [0.717, 1.165) is 22.5 Å². The monoisotopic (exact) mass is 656 g/mol. The Balaban J connectivity index is 1.29. The molecule has 1 N–H and O–H groups in total. The summed E-state index contributed by atoms with van der Waals surface area (Å²) in [5.74, 6) is -1.45. The van der Waals surface area contributed by atoms with Gasteiger partial charge in [0.2, 0.25) is 17.7 Å². The number of anilines is 1. The van der Waals surface area contributed by atoms with Gasteiger partial charge in [-0.05, 0) is 49.2 Å². The lowest BCUT2D eigenvalue weighted by atomic mass is 9.78. The molecule has 2 fully saturated rings. The van der Waals surface area contributed by atoms with Crippen LogP contribution >= 0.6 is 11.8 Å². The molecule has 0 aliphatic carbocycles. The van der Waals surface area contributed by atoms with Gasteiger partial charge in [-0.15, -0.1) is 16.9 Å². The van der Waals surface area contributed by atoms with E-state index < -0.39 is 28.7 Å². The first-order valence-electron chi connectivity index (χ1n) is 16.4. The van der Waals surface area contributed by atoms with Crippen LogP contribution in [-0.2, 0) is 21.1 Å². The topological polar surface area (TPSA) is 121 Å². The van der Waals surface area contributed by atoms with E-state index in [1.165, 1.54) is 11.8 Å². The molecule has 1 spiro atoms. The summed E-state index contributed by atoms with van der Waals surface area (Å²) in [5, 5.41) is 19.0. The first-order chi connectivity index (χ1) is 22.8. The first kappa shape index (κ1) is 31.4. The van der Waals surface area contributed by atoms with Crippen LogP contribution in [-0.4, -0.2) is 96.0 Å². The molecule has 4 aliphatic heterocycles. The van der Waals surface area contributed by atoms with Gasteiger partial charge < -0.3 is 24.5 Å². The van der Waals surface area contributed by atoms with Crippen molar-refractivity contribution in [1.82, 2.24) is 24.8 Å². The highest BCUT2D eigenvalue weighted by Crippen LogP contribution is 2.61. The highest BCUT2D eigenvalue weighted by molar-refractivity contribution is 8.02. The highest BCUT2D eigenvalue weighted by Gasteiger charge is 2.72. The fourth-order valence-corrected chi connectivity index (χ4v) is 9.72. The molecule has 246 valence electrons. The number of nitrogens with zero attached hydrogens (tertiary/aromatic N) is 6. The zero-order valence-electron chi connectivity index (χ0n) is 26.8. The molecule has 47 heavy (non-hydrogen) atoms. The van der Waals surface area contributed by atoms with Crippen LogP contribution in [0.15, 0.2) is 72.8 Å². The third-order valence-electron chi connectivity index (χ3n) is 10.2. The van der Waals surface area contributed by atoms with Gasteiger partial charge in [0, 0.05) is 24.0 Å². The number of carbonyl (C=O) groups is 3. The summed E-state index contributed by atoms with van der Waals surface area (Å²) in [7, 11) is 0. The number of hydrogen-bond donors (Lipinski definition) is 1. The Labute approximate surface area is 278 Å². The second-order valence-electron chi connectivity index (χ2n) is 12.7. The van der Waals surface area contributed by atoms with E-state index in [0.29, 0.717) is 26.1 Å². The van der Waals surface area contributed by atoms with Gasteiger partial charge >= 0.3 is 0 Å². The molecule has 1 aromatic heterocycles. The minimum absolute atomic E-state index is 0.0709. The molecule has 2 saturated heterocycles. The van der Waals surface area contributed by atoms with Crippen molar-refractivity contribution in [3.05, 3.63) is 72.8 Å². The van der Waals surface area contributed by atoms with E-state index in [2.05, 4.69) is 10.3 Å². The Kier molecular flexibility index (Phi) is 8.33. The molecule has 3 amide bonds. The van der Waals surface area contributed by atoms with Crippen molar-refractivity contribution in [2.24, 2.45) is 17.8 Å². The molecule has 11 nitrogen and oxygen atoms in total. The normalized spacial score (nSPS) is 28.3. The van der Waals surface area contributed by atoms with Crippen LogP contribution in [0.1, 0.15) is 27.2 Å². The molecule has 0 saturated carbocycles. The van der Waals surface area contributed by atoms with E-state index in [9.17, 15) is 19.5 Å². The van der Waals surface area contributed by atoms with Crippen molar-refractivity contribution < 1.29 is 24.2 Å².